The van der Waals surface area contributed by atoms with Gasteiger partial charge in [-0.25, -0.2) is 13.2 Å². The van der Waals surface area contributed by atoms with E-state index in [9.17, 15) is 13.2 Å². The SMILES string of the molecule is O=c1[nH]c2ccc(NS(=O)(=O)c3ccc(C4CCCCC4)cc3)cc2[nH]1. The van der Waals surface area contributed by atoms with Crippen molar-refractivity contribution in [2.75, 3.05) is 4.72 Å². The number of hydrogen-bond acceptors (Lipinski definition) is 3. The lowest BCUT2D eigenvalue weighted by Gasteiger charge is -2.22. The van der Waals surface area contributed by atoms with Crippen molar-refractivity contribution in [1.29, 1.82) is 0 Å². The normalized spacial score (nSPS) is 16.0. The molecule has 0 spiro atoms. The third kappa shape index (κ3) is 3.39. The van der Waals surface area contributed by atoms with Crippen molar-refractivity contribution in [3.05, 3.63) is 58.5 Å². The fourth-order valence-corrected chi connectivity index (χ4v) is 4.71. The molecular formula is C19H21N3O3S. The van der Waals surface area contributed by atoms with Crippen LogP contribution in [0.15, 0.2) is 52.2 Å². The second-order valence-corrected chi connectivity index (χ2v) is 8.53. The van der Waals surface area contributed by atoms with Crippen molar-refractivity contribution in [2.24, 2.45) is 0 Å². The average Bonchev–Trinajstić information content (AvgIpc) is 3.01. The number of fused-ring (bicyclic) bond motifs is 1. The molecule has 0 amide bonds. The minimum Gasteiger partial charge on any atom is -0.306 e. The second-order valence-electron chi connectivity index (χ2n) is 6.85. The van der Waals surface area contributed by atoms with Gasteiger partial charge in [0.1, 0.15) is 0 Å². The number of aromatic amines is 2. The number of rotatable bonds is 4. The molecule has 1 aliphatic carbocycles. The average molecular weight is 371 g/mol. The lowest BCUT2D eigenvalue weighted by atomic mass is 9.84. The van der Waals surface area contributed by atoms with Gasteiger partial charge in [0.05, 0.1) is 21.6 Å². The minimum absolute atomic E-state index is 0.236. The fraction of sp³-hybridized carbons (Fsp3) is 0.316. The topological polar surface area (TPSA) is 94.8 Å². The predicted molar refractivity (Wildman–Crippen MR) is 102 cm³/mol. The molecule has 0 atom stereocenters. The molecule has 6 nitrogen and oxygen atoms in total. The van der Waals surface area contributed by atoms with Gasteiger partial charge >= 0.3 is 5.69 Å². The summed E-state index contributed by atoms with van der Waals surface area (Å²) in [4.78, 5) is 16.8. The Morgan fingerprint density at radius 3 is 2.31 bits per heavy atom. The van der Waals surface area contributed by atoms with Gasteiger partial charge in [-0.1, -0.05) is 31.4 Å². The molecule has 3 N–H and O–H groups in total. The molecular weight excluding hydrogens is 350 g/mol. The zero-order valence-corrected chi connectivity index (χ0v) is 15.1. The molecule has 0 saturated heterocycles. The Labute approximate surface area is 151 Å². The molecule has 0 aliphatic heterocycles. The van der Waals surface area contributed by atoms with Crippen LogP contribution in [0.3, 0.4) is 0 Å². The molecule has 0 bridgehead atoms. The van der Waals surface area contributed by atoms with Gasteiger partial charge < -0.3 is 9.97 Å². The lowest BCUT2D eigenvalue weighted by molar-refractivity contribution is 0.443. The van der Waals surface area contributed by atoms with E-state index in [0.717, 1.165) is 0 Å². The smallest absolute Gasteiger partial charge is 0.306 e. The van der Waals surface area contributed by atoms with Gasteiger partial charge in [-0.05, 0) is 54.7 Å². The minimum atomic E-state index is -3.67. The van der Waals surface area contributed by atoms with E-state index in [-0.39, 0.29) is 10.6 Å². The maximum atomic E-state index is 12.6. The van der Waals surface area contributed by atoms with Crippen LogP contribution in [0, 0.1) is 0 Å². The van der Waals surface area contributed by atoms with Gasteiger partial charge in [0.15, 0.2) is 0 Å². The number of H-pyrrole nitrogens is 2. The predicted octanol–water partition coefficient (Wildman–Crippen LogP) is 3.70. The summed E-state index contributed by atoms with van der Waals surface area (Å²) in [5.74, 6) is 0.543. The van der Waals surface area contributed by atoms with Crippen molar-refractivity contribution in [1.82, 2.24) is 9.97 Å². The van der Waals surface area contributed by atoms with Crippen LogP contribution in [-0.4, -0.2) is 18.4 Å². The first-order valence-electron chi connectivity index (χ1n) is 8.86. The van der Waals surface area contributed by atoms with E-state index in [2.05, 4.69) is 14.7 Å². The fourth-order valence-electron chi connectivity index (χ4n) is 3.67. The van der Waals surface area contributed by atoms with Gasteiger partial charge in [0.25, 0.3) is 10.0 Å². The highest BCUT2D eigenvalue weighted by atomic mass is 32.2. The summed E-state index contributed by atoms with van der Waals surface area (Å²) in [6.07, 6.45) is 6.15. The summed E-state index contributed by atoms with van der Waals surface area (Å²) >= 11 is 0. The van der Waals surface area contributed by atoms with E-state index in [1.54, 1.807) is 30.3 Å². The number of benzene rings is 2. The number of imidazole rings is 1. The molecule has 0 radical (unpaired) electrons. The second kappa shape index (κ2) is 6.64. The molecule has 1 aromatic heterocycles. The monoisotopic (exact) mass is 371 g/mol. The molecule has 2 aromatic carbocycles. The van der Waals surface area contributed by atoms with Gasteiger partial charge in [-0.2, -0.15) is 0 Å². The van der Waals surface area contributed by atoms with Crippen molar-refractivity contribution in [2.45, 2.75) is 42.9 Å². The summed E-state index contributed by atoms with van der Waals surface area (Å²) in [5, 5.41) is 0. The summed E-state index contributed by atoms with van der Waals surface area (Å²) in [7, 11) is -3.67. The van der Waals surface area contributed by atoms with E-state index in [0.29, 0.717) is 22.6 Å². The zero-order valence-electron chi connectivity index (χ0n) is 14.3. The van der Waals surface area contributed by atoms with Crippen molar-refractivity contribution < 1.29 is 8.42 Å². The van der Waals surface area contributed by atoms with Crippen LogP contribution in [0.25, 0.3) is 11.0 Å². The van der Waals surface area contributed by atoms with Crippen molar-refractivity contribution in [3.63, 3.8) is 0 Å². The molecule has 7 heteroatoms. The number of aromatic nitrogens is 2. The number of nitrogens with one attached hydrogen (secondary N) is 3. The molecule has 136 valence electrons. The first-order chi connectivity index (χ1) is 12.5. The molecule has 26 heavy (non-hydrogen) atoms. The summed E-state index contributed by atoms with van der Waals surface area (Å²) in [6.45, 7) is 0. The number of sulfonamides is 1. The molecule has 3 aromatic rings. The van der Waals surface area contributed by atoms with Crippen LogP contribution in [0.5, 0.6) is 0 Å². The maximum Gasteiger partial charge on any atom is 0.323 e. The van der Waals surface area contributed by atoms with Crippen LogP contribution < -0.4 is 10.4 Å². The Balaban J connectivity index is 1.55. The van der Waals surface area contributed by atoms with E-state index < -0.39 is 10.0 Å². The maximum absolute atomic E-state index is 12.6. The molecule has 0 unspecified atom stereocenters. The molecule has 4 rings (SSSR count). The summed E-state index contributed by atoms with van der Waals surface area (Å²) in [6, 6.07) is 12.1. The van der Waals surface area contributed by atoms with E-state index >= 15 is 0 Å². The Hall–Kier alpha value is -2.54. The van der Waals surface area contributed by atoms with Crippen LogP contribution in [0.2, 0.25) is 0 Å². The van der Waals surface area contributed by atoms with E-state index in [1.807, 2.05) is 12.1 Å². The van der Waals surface area contributed by atoms with Gasteiger partial charge in [-0.15, -0.1) is 0 Å². The molecule has 1 heterocycles. The van der Waals surface area contributed by atoms with Crippen molar-refractivity contribution >= 4 is 26.7 Å². The highest BCUT2D eigenvalue weighted by Crippen LogP contribution is 2.33. The first-order valence-corrected chi connectivity index (χ1v) is 10.3. The van der Waals surface area contributed by atoms with Crippen molar-refractivity contribution in [3.8, 4) is 0 Å². The largest absolute Gasteiger partial charge is 0.323 e. The molecule has 1 fully saturated rings. The zero-order chi connectivity index (χ0) is 18.1. The Morgan fingerprint density at radius 1 is 0.885 bits per heavy atom. The van der Waals surface area contributed by atoms with Crippen LogP contribution >= 0.6 is 0 Å². The van der Waals surface area contributed by atoms with Gasteiger partial charge in [0.2, 0.25) is 0 Å². The van der Waals surface area contributed by atoms with Gasteiger partial charge in [0, 0.05) is 0 Å². The number of anilines is 1. The summed E-state index contributed by atoms with van der Waals surface area (Å²) < 4.78 is 27.9. The highest BCUT2D eigenvalue weighted by Gasteiger charge is 2.18. The van der Waals surface area contributed by atoms with Crippen LogP contribution in [0.1, 0.15) is 43.6 Å². The standard InChI is InChI=1S/C19H21N3O3S/c23-19-20-17-11-8-15(12-18(17)21-19)22-26(24,25)16-9-6-14(7-10-16)13-4-2-1-3-5-13/h6-13,22H,1-5H2,(H2,20,21,23). The molecule has 1 saturated carbocycles. The van der Waals surface area contributed by atoms with E-state index in [1.165, 1.54) is 37.7 Å². The Kier molecular flexibility index (Phi) is 4.32. The molecule has 1 aliphatic rings. The quantitative estimate of drug-likeness (QED) is 0.652. The van der Waals surface area contributed by atoms with Crippen LogP contribution in [-0.2, 0) is 10.0 Å². The number of hydrogen-bond donors (Lipinski definition) is 3. The summed E-state index contributed by atoms with van der Waals surface area (Å²) in [5.41, 5.74) is 2.50. The van der Waals surface area contributed by atoms with E-state index in [4.69, 9.17) is 0 Å². The third-order valence-electron chi connectivity index (χ3n) is 5.04. The van der Waals surface area contributed by atoms with Crippen LogP contribution in [0.4, 0.5) is 5.69 Å². The Bertz CT molecular complexity index is 1080. The van der Waals surface area contributed by atoms with Gasteiger partial charge in [-0.3, -0.25) is 4.72 Å². The Morgan fingerprint density at radius 2 is 1.58 bits per heavy atom. The third-order valence-corrected chi connectivity index (χ3v) is 6.43. The lowest BCUT2D eigenvalue weighted by Crippen LogP contribution is -2.13. The highest BCUT2D eigenvalue weighted by molar-refractivity contribution is 7.92. The first kappa shape index (κ1) is 16.9.